The van der Waals surface area contributed by atoms with Crippen LogP contribution in [0.4, 0.5) is 17.6 Å². The van der Waals surface area contributed by atoms with Gasteiger partial charge in [0.1, 0.15) is 6.17 Å². The molecule has 1 aromatic heterocycles. The zero-order chi connectivity index (χ0) is 10.1. The van der Waals surface area contributed by atoms with Gasteiger partial charge in [-0.15, -0.1) is 0 Å². The van der Waals surface area contributed by atoms with Gasteiger partial charge in [-0.05, 0) is 5.38 Å². The van der Waals surface area contributed by atoms with Crippen LogP contribution in [0.1, 0.15) is 17.3 Å². The summed E-state index contributed by atoms with van der Waals surface area (Å²) >= 11 is 0.821. The minimum absolute atomic E-state index is 0.361. The van der Waals surface area contributed by atoms with E-state index in [9.17, 15) is 17.6 Å². The maximum absolute atomic E-state index is 12.9. The Morgan fingerprint density at radius 3 is 2.46 bits per heavy atom. The van der Waals surface area contributed by atoms with E-state index in [1.165, 1.54) is 0 Å². The van der Waals surface area contributed by atoms with E-state index in [2.05, 4.69) is 0 Å². The normalized spacial score (nSPS) is 14.5. The summed E-state index contributed by atoms with van der Waals surface area (Å²) in [5.41, 5.74) is 3.66. The molecule has 0 aliphatic carbocycles. The number of hydrogen-bond acceptors (Lipinski definition) is 2. The second kappa shape index (κ2) is 3.63. The maximum atomic E-state index is 12.9. The van der Waals surface area contributed by atoms with Crippen LogP contribution in [0.15, 0.2) is 10.8 Å². The van der Waals surface area contributed by atoms with Gasteiger partial charge in [-0.25, -0.2) is 4.39 Å². The smallest absolute Gasteiger partial charge is 0.327 e. The molecular formula is C7H7F4NS. The number of halogens is 4. The number of alkyl halides is 4. The van der Waals surface area contributed by atoms with Crippen molar-refractivity contribution in [1.29, 1.82) is 0 Å². The average molecular weight is 213 g/mol. The lowest BCUT2D eigenvalue weighted by Crippen LogP contribution is -2.13. The van der Waals surface area contributed by atoms with E-state index in [0.29, 0.717) is 0 Å². The summed E-state index contributed by atoms with van der Waals surface area (Å²) in [5, 5.41) is 2.03. The van der Waals surface area contributed by atoms with E-state index in [1.807, 2.05) is 0 Å². The van der Waals surface area contributed by atoms with Gasteiger partial charge >= 0.3 is 6.18 Å². The van der Waals surface area contributed by atoms with Crippen LogP contribution in [0.5, 0.6) is 0 Å². The van der Waals surface area contributed by atoms with Gasteiger partial charge in [-0.3, -0.25) is 0 Å². The summed E-state index contributed by atoms with van der Waals surface area (Å²) in [7, 11) is 0. The molecule has 0 aliphatic rings. The minimum atomic E-state index is -4.49. The fourth-order valence-corrected chi connectivity index (χ4v) is 1.80. The van der Waals surface area contributed by atoms with Gasteiger partial charge in [0.05, 0.1) is 5.56 Å². The van der Waals surface area contributed by atoms with E-state index in [1.54, 1.807) is 0 Å². The molecule has 0 aliphatic heterocycles. The van der Waals surface area contributed by atoms with Crippen molar-refractivity contribution in [2.45, 2.75) is 12.3 Å². The van der Waals surface area contributed by atoms with Crippen LogP contribution in [0.2, 0.25) is 0 Å². The van der Waals surface area contributed by atoms with Gasteiger partial charge in [-0.1, -0.05) is 0 Å². The van der Waals surface area contributed by atoms with Crippen molar-refractivity contribution in [3.05, 3.63) is 21.9 Å². The number of hydrogen-bond donors (Lipinski definition) is 1. The lowest BCUT2D eigenvalue weighted by atomic mass is 10.1. The second-order valence-corrected chi connectivity index (χ2v) is 3.19. The Bertz CT molecular complexity index is 280. The molecule has 1 atom stereocenters. The molecule has 0 aromatic carbocycles. The summed E-state index contributed by atoms with van der Waals surface area (Å²) in [6.07, 6.45) is -6.22. The molecule has 0 bridgehead atoms. The summed E-state index contributed by atoms with van der Waals surface area (Å²) in [6.45, 7) is -0.431. The molecule has 0 radical (unpaired) electrons. The van der Waals surface area contributed by atoms with Gasteiger partial charge in [0.15, 0.2) is 0 Å². The molecule has 0 saturated heterocycles. The first kappa shape index (κ1) is 10.5. The van der Waals surface area contributed by atoms with Crippen LogP contribution in [0, 0.1) is 0 Å². The topological polar surface area (TPSA) is 26.0 Å². The van der Waals surface area contributed by atoms with Crippen molar-refractivity contribution >= 4 is 11.3 Å². The molecule has 0 spiro atoms. The Labute approximate surface area is 76.2 Å². The summed E-state index contributed by atoms with van der Waals surface area (Å²) in [6, 6.07) is 0. The molecule has 6 heteroatoms. The van der Waals surface area contributed by atoms with Crippen molar-refractivity contribution in [2.75, 3.05) is 6.54 Å². The highest BCUT2D eigenvalue weighted by Gasteiger charge is 2.35. The summed E-state index contributed by atoms with van der Waals surface area (Å²) in [4.78, 5) is 0. The minimum Gasteiger partial charge on any atom is -0.327 e. The maximum Gasteiger partial charge on any atom is 0.417 e. The van der Waals surface area contributed by atoms with E-state index < -0.39 is 24.5 Å². The molecule has 1 aromatic rings. The molecule has 1 heterocycles. The molecule has 2 N–H and O–H groups in total. The van der Waals surface area contributed by atoms with Crippen LogP contribution in [0.25, 0.3) is 0 Å². The Hall–Kier alpha value is -0.620. The molecular weight excluding hydrogens is 206 g/mol. The molecule has 0 saturated carbocycles. The molecule has 74 valence electrons. The van der Waals surface area contributed by atoms with Crippen molar-refractivity contribution < 1.29 is 17.6 Å². The molecule has 1 nitrogen and oxygen atoms in total. The Balaban J connectivity index is 3.03. The van der Waals surface area contributed by atoms with E-state index >= 15 is 0 Å². The quantitative estimate of drug-likeness (QED) is 0.751. The average Bonchev–Trinajstić information content (AvgIpc) is 2.49. The molecule has 13 heavy (non-hydrogen) atoms. The number of thiophene rings is 1. The predicted molar refractivity (Wildman–Crippen MR) is 42.2 cm³/mol. The van der Waals surface area contributed by atoms with E-state index in [0.717, 1.165) is 22.1 Å². The highest BCUT2D eigenvalue weighted by atomic mass is 32.1. The third kappa shape index (κ3) is 2.19. The first-order valence-electron chi connectivity index (χ1n) is 3.44. The Morgan fingerprint density at radius 1 is 1.38 bits per heavy atom. The third-order valence-electron chi connectivity index (χ3n) is 1.54. The first-order chi connectivity index (χ1) is 5.96. The third-order valence-corrected chi connectivity index (χ3v) is 2.30. The van der Waals surface area contributed by atoms with Crippen molar-refractivity contribution in [3.63, 3.8) is 0 Å². The summed E-state index contributed by atoms with van der Waals surface area (Å²) < 4.78 is 49.4. The first-order valence-corrected chi connectivity index (χ1v) is 4.38. The zero-order valence-corrected chi connectivity index (χ0v) is 7.25. The SMILES string of the molecule is NCC(F)c1cscc1C(F)(F)F. The Morgan fingerprint density at radius 2 is 2.00 bits per heavy atom. The van der Waals surface area contributed by atoms with Crippen LogP contribution < -0.4 is 5.73 Å². The second-order valence-electron chi connectivity index (χ2n) is 2.44. The predicted octanol–water partition coefficient (Wildman–Crippen LogP) is 2.74. The van der Waals surface area contributed by atoms with Gasteiger partial charge in [0, 0.05) is 17.5 Å². The fourth-order valence-electron chi connectivity index (χ4n) is 0.907. The largest absolute Gasteiger partial charge is 0.417 e. The van der Waals surface area contributed by atoms with Crippen LogP contribution in [-0.2, 0) is 6.18 Å². The lowest BCUT2D eigenvalue weighted by Gasteiger charge is -2.09. The number of rotatable bonds is 2. The van der Waals surface area contributed by atoms with Crippen molar-refractivity contribution in [1.82, 2.24) is 0 Å². The van der Waals surface area contributed by atoms with Crippen LogP contribution in [0.3, 0.4) is 0 Å². The number of nitrogens with two attached hydrogens (primary N) is 1. The van der Waals surface area contributed by atoms with Crippen LogP contribution >= 0.6 is 11.3 Å². The van der Waals surface area contributed by atoms with E-state index in [4.69, 9.17) is 5.73 Å². The fraction of sp³-hybridized carbons (Fsp3) is 0.429. The lowest BCUT2D eigenvalue weighted by molar-refractivity contribution is -0.138. The van der Waals surface area contributed by atoms with Crippen molar-refractivity contribution in [2.24, 2.45) is 5.73 Å². The zero-order valence-electron chi connectivity index (χ0n) is 6.44. The molecule has 1 unspecified atom stereocenters. The molecule has 1 rings (SSSR count). The highest BCUT2D eigenvalue weighted by Crippen LogP contribution is 2.37. The van der Waals surface area contributed by atoms with Crippen LogP contribution in [-0.4, -0.2) is 6.54 Å². The van der Waals surface area contributed by atoms with Gasteiger partial charge < -0.3 is 5.73 Å². The Kier molecular flexibility index (Phi) is 2.92. The standard InChI is InChI=1S/C7H7F4NS/c8-6(1-12)4-2-13-3-5(4)7(9,10)11/h2-3,6H,1,12H2. The highest BCUT2D eigenvalue weighted by molar-refractivity contribution is 7.08. The van der Waals surface area contributed by atoms with E-state index in [-0.39, 0.29) is 5.56 Å². The molecule has 0 amide bonds. The van der Waals surface area contributed by atoms with Gasteiger partial charge in [-0.2, -0.15) is 24.5 Å². The summed E-state index contributed by atoms with van der Waals surface area (Å²) in [5.74, 6) is 0. The van der Waals surface area contributed by atoms with Gasteiger partial charge in [0.2, 0.25) is 0 Å². The van der Waals surface area contributed by atoms with Crippen molar-refractivity contribution in [3.8, 4) is 0 Å². The van der Waals surface area contributed by atoms with Gasteiger partial charge in [0.25, 0.3) is 0 Å². The monoisotopic (exact) mass is 213 g/mol. The molecule has 0 fully saturated rings.